The van der Waals surface area contributed by atoms with Gasteiger partial charge in [0, 0.05) is 18.6 Å². The second-order valence-corrected chi connectivity index (χ2v) is 4.42. The lowest BCUT2D eigenvalue weighted by Crippen LogP contribution is -2.50. The van der Waals surface area contributed by atoms with E-state index in [1.54, 1.807) is 0 Å². The van der Waals surface area contributed by atoms with Crippen LogP contribution in [0.3, 0.4) is 0 Å². The molecule has 0 spiro atoms. The monoisotopic (exact) mass is 272 g/mol. The first-order valence-corrected chi connectivity index (χ1v) is 5.96. The van der Waals surface area contributed by atoms with Crippen LogP contribution in [0.25, 0.3) is 0 Å². The summed E-state index contributed by atoms with van der Waals surface area (Å²) in [5.41, 5.74) is 5.91. The Morgan fingerprint density at radius 1 is 1.41 bits per heavy atom. The third kappa shape index (κ3) is 6.50. The van der Waals surface area contributed by atoms with Crippen molar-refractivity contribution in [3.05, 3.63) is 0 Å². The number of ether oxygens (including phenoxy) is 1. The molecule has 6 heteroatoms. The highest BCUT2D eigenvalue weighted by molar-refractivity contribution is 5.85. The Morgan fingerprint density at radius 3 is 2.71 bits per heavy atom. The lowest BCUT2D eigenvalue weighted by molar-refractivity contribution is 0.00126. The number of nitrogens with zero attached hydrogens (tertiary/aromatic N) is 1. The maximum Gasteiger partial charge on any atom is 0.261 e. The van der Waals surface area contributed by atoms with Crippen LogP contribution in [-0.2, 0) is 4.74 Å². The molecule has 1 rings (SSSR count). The summed E-state index contributed by atoms with van der Waals surface area (Å²) in [5.74, 6) is 0. The molecule has 2 unspecified atom stereocenters. The highest BCUT2D eigenvalue weighted by Gasteiger charge is 2.24. The first-order valence-electron chi connectivity index (χ1n) is 5.96. The van der Waals surface area contributed by atoms with E-state index in [0.717, 1.165) is 19.4 Å². The van der Waals surface area contributed by atoms with Crippen LogP contribution in [0.4, 0.5) is 8.78 Å². The Labute approximate surface area is 108 Å². The summed E-state index contributed by atoms with van der Waals surface area (Å²) in [7, 11) is 0. The number of alkyl halides is 2. The smallest absolute Gasteiger partial charge is 0.261 e. The number of likely N-dealkylation sites (tertiary alicyclic amines) is 1. The quantitative estimate of drug-likeness (QED) is 0.751. The highest BCUT2D eigenvalue weighted by Crippen LogP contribution is 2.18. The average molecular weight is 273 g/mol. The van der Waals surface area contributed by atoms with E-state index in [-0.39, 0.29) is 18.4 Å². The molecule has 1 aliphatic rings. The predicted molar refractivity (Wildman–Crippen MR) is 66.9 cm³/mol. The summed E-state index contributed by atoms with van der Waals surface area (Å²) in [5, 5.41) is 0. The Hall–Kier alpha value is 0.0300. The Morgan fingerprint density at radius 2 is 2.12 bits per heavy atom. The fourth-order valence-corrected chi connectivity index (χ4v) is 2.24. The van der Waals surface area contributed by atoms with Crippen molar-refractivity contribution in [3.8, 4) is 0 Å². The van der Waals surface area contributed by atoms with Gasteiger partial charge in [-0.3, -0.25) is 4.90 Å². The summed E-state index contributed by atoms with van der Waals surface area (Å²) in [6, 6.07) is 0.513. The third-order valence-corrected chi connectivity index (χ3v) is 3.04. The van der Waals surface area contributed by atoms with Crippen molar-refractivity contribution >= 4 is 12.4 Å². The van der Waals surface area contributed by atoms with Gasteiger partial charge in [0.2, 0.25) is 0 Å². The van der Waals surface area contributed by atoms with Crippen molar-refractivity contribution in [2.75, 3.05) is 26.3 Å². The van der Waals surface area contributed by atoms with Crippen LogP contribution in [0.15, 0.2) is 0 Å². The van der Waals surface area contributed by atoms with Gasteiger partial charge in [0.15, 0.2) is 0 Å². The van der Waals surface area contributed by atoms with Crippen LogP contribution in [-0.4, -0.2) is 49.7 Å². The van der Waals surface area contributed by atoms with Crippen LogP contribution < -0.4 is 5.73 Å². The maximum absolute atomic E-state index is 11.8. The van der Waals surface area contributed by atoms with Gasteiger partial charge in [-0.1, -0.05) is 6.42 Å². The predicted octanol–water partition coefficient (Wildman–Crippen LogP) is 1.89. The van der Waals surface area contributed by atoms with Crippen molar-refractivity contribution in [2.45, 2.75) is 44.7 Å². The van der Waals surface area contributed by atoms with E-state index in [4.69, 9.17) is 10.5 Å². The zero-order chi connectivity index (χ0) is 12.0. The molecule has 1 saturated heterocycles. The second kappa shape index (κ2) is 9.03. The lowest BCUT2D eigenvalue weighted by Gasteiger charge is -2.37. The molecule has 0 radical (unpaired) electrons. The van der Waals surface area contributed by atoms with Crippen LogP contribution >= 0.6 is 12.4 Å². The Bertz CT molecular complexity index is 196. The number of rotatable bonds is 6. The molecule has 1 fully saturated rings. The van der Waals surface area contributed by atoms with Crippen molar-refractivity contribution in [2.24, 2.45) is 5.73 Å². The average Bonchev–Trinajstić information content (AvgIpc) is 2.24. The van der Waals surface area contributed by atoms with Crippen LogP contribution in [0.2, 0.25) is 0 Å². The molecule has 1 aliphatic heterocycles. The number of halogens is 3. The molecule has 0 aromatic heterocycles. The Balaban J connectivity index is 0.00000256. The molecule has 0 amide bonds. The van der Waals surface area contributed by atoms with Crippen molar-refractivity contribution in [3.63, 3.8) is 0 Å². The second-order valence-electron chi connectivity index (χ2n) is 4.42. The standard InChI is InChI=1S/C11H22F2N2O.ClH/c1-9(14)10-4-2-3-5-15(10)6-7-16-8-11(12)13;/h9-11H,2-8,14H2,1H3;1H. The topological polar surface area (TPSA) is 38.5 Å². The minimum Gasteiger partial charge on any atom is -0.374 e. The zero-order valence-corrected chi connectivity index (χ0v) is 11.1. The molecule has 0 aliphatic carbocycles. The number of hydrogen-bond acceptors (Lipinski definition) is 3. The first-order chi connectivity index (χ1) is 7.61. The summed E-state index contributed by atoms with van der Waals surface area (Å²) >= 11 is 0. The van der Waals surface area contributed by atoms with Crippen LogP contribution in [0.5, 0.6) is 0 Å². The van der Waals surface area contributed by atoms with Gasteiger partial charge in [-0.25, -0.2) is 8.78 Å². The summed E-state index contributed by atoms with van der Waals surface area (Å²) in [4.78, 5) is 2.26. The van der Waals surface area contributed by atoms with E-state index in [2.05, 4.69) is 4.90 Å². The van der Waals surface area contributed by atoms with Crippen molar-refractivity contribution < 1.29 is 13.5 Å². The van der Waals surface area contributed by atoms with Gasteiger partial charge in [0.1, 0.15) is 6.61 Å². The van der Waals surface area contributed by atoms with E-state index in [1.807, 2.05) is 6.92 Å². The lowest BCUT2D eigenvalue weighted by atomic mass is 9.97. The van der Waals surface area contributed by atoms with Crippen molar-refractivity contribution in [1.82, 2.24) is 4.90 Å². The van der Waals surface area contributed by atoms with E-state index in [0.29, 0.717) is 19.2 Å². The molecular formula is C11H23ClF2N2O. The van der Waals surface area contributed by atoms with Gasteiger partial charge >= 0.3 is 0 Å². The van der Waals surface area contributed by atoms with Gasteiger partial charge < -0.3 is 10.5 Å². The number of nitrogens with two attached hydrogens (primary N) is 1. The minimum absolute atomic E-state index is 0. The normalized spacial score (nSPS) is 23.5. The van der Waals surface area contributed by atoms with E-state index < -0.39 is 13.0 Å². The molecule has 0 aromatic carbocycles. The minimum atomic E-state index is -2.37. The largest absolute Gasteiger partial charge is 0.374 e. The molecule has 104 valence electrons. The third-order valence-electron chi connectivity index (χ3n) is 3.04. The first kappa shape index (κ1) is 17.0. The SMILES string of the molecule is CC(N)C1CCCCN1CCOCC(F)F.Cl. The van der Waals surface area contributed by atoms with Gasteiger partial charge in [-0.05, 0) is 26.3 Å². The molecule has 0 saturated carbocycles. The molecule has 3 nitrogen and oxygen atoms in total. The van der Waals surface area contributed by atoms with Gasteiger partial charge in [-0.15, -0.1) is 12.4 Å². The van der Waals surface area contributed by atoms with Gasteiger partial charge in [0.05, 0.1) is 6.61 Å². The summed E-state index contributed by atoms with van der Waals surface area (Å²) in [6.07, 6.45) is 1.11. The number of hydrogen-bond donors (Lipinski definition) is 1. The van der Waals surface area contributed by atoms with Crippen LogP contribution in [0, 0.1) is 0 Å². The van der Waals surface area contributed by atoms with E-state index in [1.165, 1.54) is 6.42 Å². The number of piperidine rings is 1. The fourth-order valence-electron chi connectivity index (χ4n) is 2.24. The molecule has 0 bridgehead atoms. The molecule has 2 atom stereocenters. The van der Waals surface area contributed by atoms with E-state index >= 15 is 0 Å². The van der Waals surface area contributed by atoms with Gasteiger partial charge in [-0.2, -0.15) is 0 Å². The molecular weight excluding hydrogens is 250 g/mol. The highest BCUT2D eigenvalue weighted by atomic mass is 35.5. The Kier molecular flexibility index (Phi) is 9.04. The maximum atomic E-state index is 11.8. The molecule has 1 heterocycles. The summed E-state index contributed by atoms with van der Waals surface area (Å²) < 4.78 is 28.6. The molecule has 17 heavy (non-hydrogen) atoms. The van der Waals surface area contributed by atoms with Crippen molar-refractivity contribution in [1.29, 1.82) is 0 Å². The molecule has 0 aromatic rings. The van der Waals surface area contributed by atoms with Crippen LogP contribution in [0.1, 0.15) is 26.2 Å². The summed E-state index contributed by atoms with van der Waals surface area (Å²) in [6.45, 7) is 3.62. The fraction of sp³-hybridized carbons (Fsp3) is 1.00. The zero-order valence-electron chi connectivity index (χ0n) is 10.3. The van der Waals surface area contributed by atoms with E-state index in [9.17, 15) is 8.78 Å². The molecule has 2 N–H and O–H groups in total. The van der Waals surface area contributed by atoms with Gasteiger partial charge in [0.25, 0.3) is 6.43 Å².